The Morgan fingerprint density at radius 2 is 1.64 bits per heavy atom. The van der Waals surface area contributed by atoms with Gasteiger partial charge in [-0.2, -0.15) is 0 Å². The topological polar surface area (TPSA) is 72.5 Å². The summed E-state index contributed by atoms with van der Waals surface area (Å²) in [5, 5.41) is 2.65. The van der Waals surface area contributed by atoms with Gasteiger partial charge in [0.1, 0.15) is 0 Å². The smallest absolute Gasteiger partial charge is 0.307 e. The van der Waals surface area contributed by atoms with E-state index in [1.54, 1.807) is 31.2 Å². The number of rotatable bonds is 9. The normalized spacial score (nSPS) is 10.1. The van der Waals surface area contributed by atoms with Crippen LogP contribution in [-0.2, 0) is 9.53 Å². The highest BCUT2D eigenvalue weighted by atomic mass is 16.5. The molecule has 1 N–H and O–H groups in total. The van der Waals surface area contributed by atoms with Crippen LogP contribution in [0.15, 0.2) is 24.3 Å². The van der Waals surface area contributed by atoms with E-state index in [1.807, 2.05) is 6.92 Å². The number of ether oxygens (including phenoxy) is 1. The van der Waals surface area contributed by atoms with E-state index in [2.05, 4.69) is 5.32 Å². The standard InChI is InChI=1S/C17H23NO4/c1-3-5-6-15(19)13-7-9-14(10-8-13)17(21)18-12-11-16(20)22-4-2/h7-10H,3-6,11-12H2,1-2H3,(H,18,21). The van der Waals surface area contributed by atoms with Gasteiger partial charge in [0.2, 0.25) is 0 Å². The van der Waals surface area contributed by atoms with Crippen LogP contribution in [0.5, 0.6) is 0 Å². The maximum Gasteiger partial charge on any atom is 0.307 e. The molecule has 0 heterocycles. The molecule has 1 rings (SSSR count). The molecule has 22 heavy (non-hydrogen) atoms. The van der Waals surface area contributed by atoms with Crippen LogP contribution in [0.2, 0.25) is 0 Å². The molecule has 5 heteroatoms. The number of nitrogens with one attached hydrogen (secondary N) is 1. The lowest BCUT2D eigenvalue weighted by Crippen LogP contribution is -2.26. The highest BCUT2D eigenvalue weighted by Crippen LogP contribution is 2.09. The van der Waals surface area contributed by atoms with Crippen LogP contribution < -0.4 is 5.32 Å². The molecule has 0 spiro atoms. The fourth-order valence-electron chi connectivity index (χ4n) is 1.90. The van der Waals surface area contributed by atoms with Crippen LogP contribution in [0.25, 0.3) is 0 Å². The van der Waals surface area contributed by atoms with Crippen LogP contribution in [0.4, 0.5) is 0 Å². The Morgan fingerprint density at radius 1 is 1.00 bits per heavy atom. The van der Waals surface area contributed by atoms with Gasteiger partial charge < -0.3 is 10.1 Å². The lowest BCUT2D eigenvalue weighted by molar-refractivity contribution is -0.142. The molecule has 5 nitrogen and oxygen atoms in total. The number of esters is 1. The lowest BCUT2D eigenvalue weighted by Gasteiger charge is -2.06. The van der Waals surface area contributed by atoms with Gasteiger partial charge in [0.15, 0.2) is 5.78 Å². The molecule has 0 fully saturated rings. The van der Waals surface area contributed by atoms with Crippen molar-refractivity contribution in [3.05, 3.63) is 35.4 Å². The van der Waals surface area contributed by atoms with Crippen molar-refractivity contribution in [2.75, 3.05) is 13.2 Å². The number of unbranched alkanes of at least 4 members (excludes halogenated alkanes) is 1. The summed E-state index contributed by atoms with van der Waals surface area (Å²) >= 11 is 0. The van der Waals surface area contributed by atoms with Gasteiger partial charge >= 0.3 is 5.97 Å². The molecule has 0 saturated heterocycles. The van der Waals surface area contributed by atoms with Crippen molar-refractivity contribution < 1.29 is 19.1 Å². The summed E-state index contributed by atoms with van der Waals surface area (Å²) in [6.07, 6.45) is 2.52. The summed E-state index contributed by atoms with van der Waals surface area (Å²) in [7, 11) is 0. The second kappa shape index (κ2) is 9.71. The fourth-order valence-corrected chi connectivity index (χ4v) is 1.90. The Bertz CT molecular complexity index is 508. The molecule has 0 radical (unpaired) electrons. The molecule has 120 valence electrons. The molecule has 1 amide bonds. The average Bonchev–Trinajstić information content (AvgIpc) is 2.53. The molecule has 0 bridgehead atoms. The zero-order valence-electron chi connectivity index (χ0n) is 13.2. The van der Waals surface area contributed by atoms with E-state index in [1.165, 1.54) is 0 Å². The predicted octanol–water partition coefficient (Wildman–Crippen LogP) is 2.74. The third-order valence-corrected chi connectivity index (χ3v) is 3.15. The largest absolute Gasteiger partial charge is 0.466 e. The number of carbonyl (C=O) groups is 3. The number of Topliss-reactive ketones (excluding diaryl/α,β-unsaturated/α-hetero) is 1. The van der Waals surface area contributed by atoms with Crippen LogP contribution in [0, 0.1) is 0 Å². The molecule has 0 aliphatic carbocycles. The van der Waals surface area contributed by atoms with Crippen molar-refractivity contribution in [1.82, 2.24) is 5.32 Å². The summed E-state index contributed by atoms with van der Waals surface area (Å²) in [6.45, 7) is 4.34. The lowest BCUT2D eigenvalue weighted by atomic mass is 10.0. The van der Waals surface area contributed by atoms with Gasteiger partial charge in [-0.25, -0.2) is 0 Å². The molecule has 1 aromatic carbocycles. The van der Waals surface area contributed by atoms with Gasteiger partial charge in [-0.15, -0.1) is 0 Å². The minimum atomic E-state index is -0.334. The molecule has 0 aliphatic heterocycles. The fraction of sp³-hybridized carbons (Fsp3) is 0.471. The van der Waals surface area contributed by atoms with Gasteiger partial charge in [-0.3, -0.25) is 14.4 Å². The van der Waals surface area contributed by atoms with Gasteiger partial charge in [0, 0.05) is 24.1 Å². The second-order valence-electron chi connectivity index (χ2n) is 4.92. The highest BCUT2D eigenvalue weighted by Gasteiger charge is 2.09. The molecular weight excluding hydrogens is 282 g/mol. The minimum Gasteiger partial charge on any atom is -0.466 e. The predicted molar refractivity (Wildman–Crippen MR) is 83.9 cm³/mol. The first-order valence-corrected chi connectivity index (χ1v) is 7.65. The summed E-state index contributed by atoms with van der Waals surface area (Å²) in [6, 6.07) is 6.58. The SMILES string of the molecule is CCCCC(=O)c1ccc(C(=O)NCCC(=O)OCC)cc1. The van der Waals surface area contributed by atoms with Crippen molar-refractivity contribution in [1.29, 1.82) is 0 Å². The molecule has 0 aliphatic rings. The zero-order valence-corrected chi connectivity index (χ0v) is 13.2. The van der Waals surface area contributed by atoms with E-state index in [4.69, 9.17) is 4.74 Å². The first-order valence-electron chi connectivity index (χ1n) is 7.65. The highest BCUT2D eigenvalue weighted by molar-refractivity contribution is 5.98. The zero-order chi connectivity index (χ0) is 16.4. The molecular formula is C17H23NO4. The Kier molecular flexibility index (Phi) is 7.89. The third kappa shape index (κ3) is 6.08. The summed E-state index contributed by atoms with van der Waals surface area (Å²) in [5.74, 6) is -0.507. The first-order chi connectivity index (χ1) is 10.6. The van der Waals surface area contributed by atoms with Crippen molar-refractivity contribution in [2.45, 2.75) is 39.5 Å². The third-order valence-electron chi connectivity index (χ3n) is 3.15. The Morgan fingerprint density at radius 3 is 2.23 bits per heavy atom. The van der Waals surface area contributed by atoms with Crippen molar-refractivity contribution in [2.24, 2.45) is 0 Å². The van der Waals surface area contributed by atoms with Crippen LogP contribution >= 0.6 is 0 Å². The van der Waals surface area contributed by atoms with E-state index >= 15 is 0 Å². The molecule has 1 aromatic rings. The number of ketones is 1. The second-order valence-corrected chi connectivity index (χ2v) is 4.92. The molecule has 0 aromatic heterocycles. The molecule has 0 atom stereocenters. The number of hydrogen-bond acceptors (Lipinski definition) is 4. The van der Waals surface area contributed by atoms with Crippen LogP contribution in [-0.4, -0.2) is 30.8 Å². The summed E-state index contributed by atoms with van der Waals surface area (Å²) < 4.78 is 4.78. The Balaban J connectivity index is 2.46. The number of carbonyl (C=O) groups excluding carboxylic acids is 3. The average molecular weight is 305 g/mol. The molecule has 0 saturated carbocycles. The van der Waals surface area contributed by atoms with E-state index in [0.29, 0.717) is 24.2 Å². The van der Waals surface area contributed by atoms with Crippen molar-refractivity contribution >= 4 is 17.7 Å². The summed E-state index contributed by atoms with van der Waals surface area (Å²) in [4.78, 5) is 34.9. The van der Waals surface area contributed by atoms with Gasteiger partial charge in [0.05, 0.1) is 13.0 Å². The number of hydrogen-bond donors (Lipinski definition) is 1. The summed E-state index contributed by atoms with van der Waals surface area (Å²) in [5.41, 5.74) is 1.09. The Hall–Kier alpha value is -2.17. The number of benzene rings is 1. The van der Waals surface area contributed by atoms with E-state index in [0.717, 1.165) is 12.8 Å². The number of amides is 1. The van der Waals surface area contributed by atoms with Crippen molar-refractivity contribution in [3.8, 4) is 0 Å². The maximum absolute atomic E-state index is 11.9. The van der Waals surface area contributed by atoms with Crippen LogP contribution in [0.3, 0.4) is 0 Å². The Labute approximate surface area is 131 Å². The van der Waals surface area contributed by atoms with E-state index < -0.39 is 0 Å². The molecule has 0 unspecified atom stereocenters. The van der Waals surface area contributed by atoms with Gasteiger partial charge in [-0.05, 0) is 25.5 Å². The van der Waals surface area contributed by atoms with Crippen LogP contribution in [0.1, 0.15) is 60.2 Å². The van der Waals surface area contributed by atoms with E-state index in [-0.39, 0.29) is 30.6 Å². The van der Waals surface area contributed by atoms with Crippen molar-refractivity contribution in [3.63, 3.8) is 0 Å². The monoisotopic (exact) mass is 305 g/mol. The van der Waals surface area contributed by atoms with E-state index in [9.17, 15) is 14.4 Å². The first kappa shape index (κ1) is 17.9. The maximum atomic E-state index is 11.9. The van der Waals surface area contributed by atoms with Gasteiger partial charge in [0.25, 0.3) is 5.91 Å². The quantitative estimate of drug-likeness (QED) is 0.562. The minimum absolute atomic E-state index is 0.0936. The van der Waals surface area contributed by atoms with Gasteiger partial charge in [-0.1, -0.05) is 25.5 Å².